The first kappa shape index (κ1) is 21.3. The monoisotopic (exact) mass is 379 g/mol. The van der Waals surface area contributed by atoms with Gasteiger partial charge < -0.3 is 24.8 Å². The van der Waals surface area contributed by atoms with Gasteiger partial charge in [-0.05, 0) is 38.1 Å². The summed E-state index contributed by atoms with van der Waals surface area (Å²) in [6, 6.07) is 7.01. The van der Waals surface area contributed by atoms with Crippen LogP contribution in [0.5, 0.6) is 0 Å². The first-order chi connectivity index (χ1) is 13.1. The molecule has 1 aromatic carbocycles. The van der Waals surface area contributed by atoms with E-state index >= 15 is 0 Å². The maximum absolute atomic E-state index is 12.1. The van der Waals surface area contributed by atoms with Crippen molar-refractivity contribution in [2.24, 2.45) is 0 Å². The van der Waals surface area contributed by atoms with Crippen molar-refractivity contribution in [2.75, 3.05) is 63.3 Å². The Hall–Kier alpha value is -2.00. The van der Waals surface area contributed by atoms with Crippen molar-refractivity contribution in [3.63, 3.8) is 0 Å². The van der Waals surface area contributed by atoms with Crippen molar-refractivity contribution < 1.29 is 23.8 Å². The average Bonchev–Trinajstić information content (AvgIpc) is 2.67. The van der Waals surface area contributed by atoms with Crippen LogP contribution in [0.15, 0.2) is 24.3 Å². The number of hydrogen-bond donors (Lipinski definition) is 2. The lowest BCUT2D eigenvalue weighted by Gasteiger charge is -2.25. The van der Waals surface area contributed by atoms with Gasteiger partial charge in [-0.3, -0.25) is 14.5 Å². The van der Waals surface area contributed by atoms with Crippen molar-refractivity contribution in [1.29, 1.82) is 0 Å². The molecule has 2 rings (SSSR count). The summed E-state index contributed by atoms with van der Waals surface area (Å²) in [6.07, 6.45) is -0.571. The summed E-state index contributed by atoms with van der Waals surface area (Å²) in [5.41, 5.74) is 1.33. The zero-order chi connectivity index (χ0) is 19.5. The van der Waals surface area contributed by atoms with E-state index in [4.69, 9.17) is 14.2 Å². The van der Waals surface area contributed by atoms with Gasteiger partial charge in [-0.15, -0.1) is 0 Å². The summed E-state index contributed by atoms with van der Waals surface area (Å²) in [4.78, 5) is 26.2. The van der Waals surface area contributed by atoms with Crippen molar-refractivity contribution in [1.82, 2.24) is 4.90 Å². The Kier molecular flexibility index (Phi) is 9.20. The van der Waals surface area contributed by atoms with Crippen LogP contribution < -0.4 is 10.6 Å². The van der Waals surface area contributed by atoms with Crippen molar-refractivity contribution >= 4 is 23.2 Å². The SMILES string of the molecule is CCOCCOC(C)C(=O)Nc1ccc(NC(=O)CN2CCOCC2)cc1. The second-order valence-electron chi connectivity index (χ2n) is 6.21. The normalized spacial score (nSPS) is 15.9. The lowest BCUT2D eigenvalue weighted by molar-refractivity contribution is -0.127. The molecule has 2 amide bonds. The maximum atomic E-state index is 12.1. The van der Waals surface area contributed by atoms with Crippen LogP contribution in [0, 0.1) is 0 Å². The number of anilines is 2. The zero-order valence-corrected chi connectivity index (χ0v) is 16.0. The molecule has 0 spiro atoms. The Balaban J connectivity index is 1.73. The predicted molar refractivity (Wildman–Crippen MR) is 103 cm³/mol. The first-order valence-corrected chi connectivity index (χ1v) is 9.28. The fourth-order valence-electron chi connectivity index (χ4n) is 2.55. The number of benzene rings is 1. The lowest BCUT2D eigenvalue weighted by Crippen LogP contribution is -2.41. The van der Waals surface area contributed by atoms with Gasteiger partial charge in [0.25, 0.3) is 5.91 Å². The zero-order valence-electron chi connectivity index (χ0n) is 16.0. The second-order valence-corrected chi connectivity index (χ2v) is 6.21. The number of rotatable bonds is 10. The number of carbonyl (C=O) groups excluding carboxylic acids is 2. The Bertz CT molecular complexity index is 588. The van der Waals surface area contributed by atoms with Gasteiger partial charge in [0, 0.05) is 31.1 Å². The lowest BCUT2D eigenvalue weighted by atomic mass is 10.2. The number of hydrogen-bond acceptors (Lipinski definition) is 6. The molecule has 0 aliphatic carbocycles. The molecule has 0 saturated carbocycles. The van der Waals surface area contributed by atoms with Gasteiger partial charge in [-0.1, -0.05) is 0 Å². The predicted octanol–water partition coefficient (Wildman–Crippen LogP) is 1.34. The molecule has 0 radical (unpaired) electrons. The first-order valence-electron chi connectivity index (χ1n) is 9.28. The molecular formula is C19H29N3O5. The molecule has 0 bridgehead atoms. The molecule has 0 aromatic heterocycles. The fraction of sp³-hybridized carbons (Fsp3) is 0.579. The minimum absolute atomic E-state index is 0.0648. The topological polar surface area (TPSA) is 89.1 Å². The molecule has 150 valence electrons. The summed E-state index contributed by atoms with van der Waals surface area (Å²) in [5.74, 6) is -0.291. The molecule has 1 heterocycles. The van der Waals surface area contributed by atoms with Gasteiger partial charge in [-0.25, -0.2) is 0 Å². The number of nitrogens with zero attached hydrogens (tertiary/aromatic N) is 1. The van der Waals surface area contributed by atoms with E-state index in [1.165, 1.54) is 0 Å². The summed E-state index contributed by atoms with van der Waals surface area (Å²) < 4.78 is 15.9. The molecule has 1 aromatic rings. The van der Waals surface area contributed by atoms with Gasteiger partial charge in [0.05, 0.1) is 33.0 Å². The molecule has 8 heteroatoms. The highest BCUT2D eigenvalue weighted by Gasteiger charge is 2.15. The van der Waals surface area contributed by atoms with Gasteiger partial charge in [0.2, 0.25) is 5.91 Å². The largest absolute Gasteiger partial charge is 0.379 e. The van der Waals surface area contributed by atoms with E-state index in [0.717, 1.165) is 13.1 Å². The van der Waals surface area contributed by atoms with E-state index in [1.807, 2.05) is 6.92 Å². The Labute approximate surface area is 160 Å². The van der Waals surface area contributed by atoms with E-state index in [0.29, 0.717) is 51.0 Å². The molecule has 1 aliphatic heterocycles. The molecule has 1 saturated heterocycles. The molecule has 1 fully saturated rings. The average molecular weight is 379 g/mol. The summed E-state index contributed by atoms with van der Waals surface area (Å²) in [7, 11) is 0. The van der Waals surface area contributed by atoms with Crippen LogP contribution in [0.4, 0.5) is 11.4 Å². The molecule has 2 N–H and O–H groups in total. The Morgan fingerprint density at radius 2 is 1.74 bits per heavy atom. The van der Waals surface area contributed by atoms with Gasteiger partial charge in [0.15, 0.2) is 0 Å². The van der Waals surface area contributed by atoms with E-state index in [1.54, 1.807) is 31.2 Å². The molecular weight excluding hydrogens is 350 g/mol. The van der Waals surface area contributed by atoms with Gasteiger partial charge in [0.1, 0.15) is 6.10 Å². The third kappa shape index (κ3) is 8.04. The van der Waals surface area contributed by atoms with E-state index in [9.17, 15) is 9.59 Å². The quantitative estimate of drug-likeness (QED) is 0.597. The van der Waals surface area contributed by atoms with Crippen LogP contribution in [0.25, 0.3) is 0 Å². The van der Waals surface area contributed by atoms with Gasteiger partial charge >= 0.3 is 0 Å². The smallest absolute Gasteiger partial charge is 0.253 e. The number of morpholine rings is 1. The third-order valence-electron chi connectivity index (χ3n) is 4.08. The third-order valence-corrected chi connectivity index (χ3v) is 4.08. The van der Waals surface area contributed by atoms with Crippen LogP contribution in [-0.4, -0.2) is 75.5 Å². The van der Waals surface area contributed by atoms with Crippen LogP contribution >= 0.6 is 0 Å². The molecule has 1 aliphatic rings. The highest BCUT2D eigenvalue weighted by Crippen LogP contribution is 2.14. The minimum atomic E-state index is -0.571. The van der Waals surface area contributed by atoms with E-state index in [-0.39, 0.29) is 11.8 Å². The van der Waals surface area contributed by atoms with Crippen molar-refractivity contribution in [3.8, 4) is 0 Å². The van der Waals surface area contributed by atoms with Crippen molar-refractivity contribution in [3.05, 3.63) is 24.3 Å². The fourth-order valence-corrected chi connectivity index (χ4v) is 2.55. The summed E-state index contributed by atoms with van der Waals surface area (Å²) >= 11 is 0. The van der Waals surface area contributed by atoms with Crippen LogP contribution in [-0.2, 0) is 23.8 Å². The number of ether oxygens (including phenoxy) is 3. The highest BCUT2D eigenvalue weighted by molar-refractivity contribution is 5.95. The number of carbonyl (C=O) groups is 2. The van der Waals surface area contributed by atoms with Crippen LogP contribution in [0.3, 0.4) is 0 Å². The van der Waals surface area contributed by atoms with E-state index < -0.39 is 6.10 Å². The molecule has 1 unspecified atom stereocenters. The molecule has 27 heavy (non-hydrogen) atoms. The van der Waals surface area contributed by atoms with Crippen LogP contribution in [0.2, 0.25) is 0 Å². The Morgan fingerprint density at radius 1 is 1.11 bits per heavy atom. The molecule has 1 atom stereocenters. The second kappa shape index (κ2) is 11.7. The van der Waals surface area contributed by atoms with Crippen molar-refractivity contribution in [2.45, 2.75) is 20.0 Å². The summed E-state index contributed by atoms with van der Waals surface area (Å²) in [6.45, 7) is 8.27. The Morgan fingerprint density at radius 3 is 2.37 bits per heavy atom. The number of nitrogens with one attached hydrogen (secondary N) is 2. The summed E-state index contributed by atoms with van der Waals surface area (Å²) in [5, 5.41) is 5.65. The van der Waals surface area contributed by atoms with Gasteiger partial charge in [-0.2, -0.15) is 0 Å². The standard InChI is InChI=1S/C19H29N3O5/c1-3-25-12-13-27-15(2)19(24)21-17-6-4-16(5-7-17)20-18(23)14-22-8-10-26-11-9-22/h4-7,15H,3,8-14H2,1-2H3,(H,20,23)(H,21,24). The molecule has 8 nitrogen and oxygen atoms in total. The number of amides is 2. The maximum Gasteiger partial charge on any atom is 0.253 e. The minimum Gasteiger partial charge on any atom is -0.379 e. The van der Waals surface area contributed by atoms with Crippen LogP contribution in [0.1, 0.15) is 13.8 Å². The van der Waals surface area contributed by atoms with E-state index in [2.05, 4.69) is 15.5 Å². The highest BCUT2D eigenvalue weighted by atomic mass is 16.5.